The molecule has 0 saturated carbocycles. The van der Waals surface area contributed by atoms with Gasteiger partial charge in [-0.1, -0.05) is 0 Å². The van der Waals surface area contributed by atoms with Crippen molar-refractivity contribution in [3.63, 3.8) is 0 Å². The number of aliphatic carboxylic acids is 1. The van der Waals surface area contributed by atoms with Crippen molar-refractivity contribution in [2.75, 3.05) is 27.1 Å². The first-order valence-corrected chi connectivity index (χ1v) is 9.34. The second-order valence-corrected chi connectivity index (χ2v) is 7.00. The van der Waals surface area contributed by atoms with E-state index in [0.717, 1.165) is 0 Å². The van der Waals surface area contributed by atoms with Crippen LogP contribution in [-0.2, 0) is 9.36 Å². The largest absolute Gasteiger partial charge is 0.549 e. The molecule has 8 nitrogen and oxygen atoms in total. The molecule has 0 aliphatic rings. The van der Waals surface area contributed by atoms with Gasteiger partial charge < -0.3 is 28.4 Å². The minimum Gasteiger partial charge on any atom is -0.549 e. The van der Waals surface area contributed by atoms with Gasteiger partial charge in [-0.3, -0.25) is 5.32 Å². The lowest BCUT2D eigenvalue weighted by molar-refractivity contribution is -0.303. The van der Waals surface area contributed by atoms with Crippen LogP contribution in [-0.4, -0.2) is 33.0 Å². The predicted octanol–water partition coefficient (Wildman–Crippen LogP) is 1.65. The van der Waals surface area contributed by atoms with Gasteiger partial charge in [0.25, 0.3) is 0 Å². The maximum atomic E-state index is 13.1. The zero-order chi connectivity index (χ0) is 19.0. The number of hydrogen-bond acceptors (Lipinski definition) is 8. The van der Waals surface area contributed by atoms with Crippen molar-refractivity contribution in [3.8, 4) is 23.0 Å². The molecule has 0 aliphatic heterocycles. The number of carboxylic acid groups (broad SMARTS) is 1. The van der Waals surface area contributed by atoms with Crippen LogP contribution in [0.2, 0.25) is 0 Å². The highest BCUT2D eigenvalue weighted by molar-refractivity contribution is 7.54. The third-order valence-electron chi connectivity index (χ3n) is 3.18. The van der Waals surface area contributed by atoms with E-state index in [1.54, 1.807) is 48.5 Å². The second kappa shape index (κ2) is 9.12. The molecule has 0 aromatic heterocycles. The molecular formula is C17H19NO7P-. The van der Waals surface area contributed by atoms with E-state index in [9.17, 15) is 14.5 Å². The number of hydrogen-bond donors (Lipinski definition) is 1. The second-order valence-electron chi connectivity index (χ2n) is 5.10. The van der Waals surface area contributed by atoms with E-state index in [1.807, 2.05) is 0 Å². The summed E-state index contributed by atoms with van der Waals surface area (Å²) in [5.74, 6) is 0.470. The van der Waals surface area contributed by atoms with Crippen molar-refractivity contribution < 1.29 is 33.0 Å². The highest BCUT2D eigenvalue weighted by atomic mass is 31.2. The van der Waals surface area contributed by atoms with Crippen LogP contribution >= 0.6 is 7.60 Å². The van der Waals surface area contributed by atoms with E-state index >= 15 is 0 Å². The standard InChI is InChI=1S/C17H20NO7P/c1-22-13-3-7-15(8-4-13)24-26(21,12-18-11-17(19)20)25-16-9-5-14(23-2)6-10-16/h3-10,18H,11-12H2,1-2H3,(H,19,20)/p-1. The Morgan fingerprint density at radius 3 is 1.62 bits per heavy atom. The highest BCUT2D eigenvalue weighted by Gasteiger charge is 2.28. The Morgan fingerprint density at radius 1 is 0.885 bits per heavy atom. The summed E-state index contributed by atoms with van der Waals surface area (Å²) < 4.78 is 34.2. The first-order chi connectivity index (χ1) is 12.4. The molecule has 9 heteroatoms. The fourth-order valence-corrected chi connectivity index (χ4v) is 3.41. The van der Waals surface area contributed by atoms with Crippen LogP contribution in [0.5, 0.6) is 23.0 Å². The molecule has 0 aliphatic carbocycles. The lowest BCUT2D eigenvalue weighted by Gasteiger charge is -2.21. The number of carbonyl (C=O) groups is 1. The van der Waals surface area contributed by atoms with Crippen molar-refractivity contribution in [2.45, 2.75) is 0 Å². The maximum Gasteiger partial charge on any atom is 0.444 e. The number of nitrogens with one attached hydrogen (secondary N) is 1. The Morgan fingerprint density at radius 2 is 1.27 bits per heavy atom. The highest BCUT2D eigenvalue weighted by Crippen LogP contribution is 2.47. The van der Waals surface area contributed by atoms with E-state index in [-0.39, 0.29) is 17.8 Å². The van der Waals surface area contributed by atoms with Crippen LogP contribution in [0.25, 0.3) is 0 Å². The van der Waals surface area contributed by atoms with E-state index in [0.29, 0.717) is 11.5 Å². The molecule has 0 saturated heterocycles. The van der Waals surface area contributed by atoms with Crippen LogP contribution in [0.3, 0.4) is 0 Å². The molecule has 1 N–H and O–H groups in total. The molecule has 0 atom stereocenters. The minimum absolute atomic E-state index is 0.290. The number of benzene rings is 2. The number of ether oxygens (including phenoxy) is 2. The van der Waals surface area contributed by atoms with Crippen molar-refractivity contribution in [3.05, 3.63) is 48.5 Å². The van der Waals surface area contributed by atoms with E-state index in [2.05, 4.69) is 5.32 Å². The Hall–Kier alpha value is -2.70. The van der Waals surface area contributed by atoms with Gasteiger partial charge >= 0.3 is 7.60 Å². The lowest BCUT2D eigenvalue weighted by Crippen LogP contribution is -2.35. The average molecular weight is 380 g/mol. The Bertz CT molecular complexity index is 708. The van der Waals surface area contributed by atoms with Crippen molar-refractivity contribution in [2.24, 2.45) is 0 Å². The first-order valence-electron chi connectivity index (χ1n) is 7.61. The summed E-state index contributed by atoms with van der Waals surface area (Å²) in [6.45, 7) is -0.484. The zero-order valence-corrected chi connectivity index (χ0v) is 15.2. The third-order valence-corrected chi connectivity index (χ3v) is 4.77. The molecule has 0 fully saturated rings. The summed E-state index contributed by atoms with van der Waals surface area (Å²) in [6.07, 6.45) is -0.320. The number of carboxylic acids is 1. The van der Waals surface area contributed by atoms with Crippen LogP contribution in [0.1, 0.15) is 0 Å². The molecule has 2 aromatic carbocycles. The molecular weight excluding hydrogens is 361 g/mol. The van der Waals surface area contributed by atoms with Crippen LogP contribution in [0, 0.1) is 0 Å². The molecule has 2 aromatic rings. The Kier molecular flexibility index (Phi) is 6.89. The fraction of sp³-hybridized carbons (Fsp3) is 0.235. The van der Waals surface area contributed by atoms with E-state index in [1.165, 1.54) is 14.2 Å². The zero-order valence-electron chi connectivity index (χ0n) is 14.3. The van der Waals surface area contributed by atoms with Gasteiger partial charge in [0.15, 0.2) is 0 Å². The van der Waals surface area contributed by atoms with Gasteiger partial charge in [0.2, 0.25) is 0 Å². The van der Waals surface area contributed by atoms with Gasteiger partial charge in [-0.05, 0) is 48.5 Å². The van der Waals surface area contributed by atoms with Gasteiger partial charge in [0.05, 0.1) is 20.2 Å². The molecule has 26 heavy (non-hydrogen) atoms. The molecule has 0 unspecified atom stereocenters. The molecule has 140 valence electrons. The molecule has 0 radical (unpaired) electrons. The molecule has 0 spiro atoms. The topological polar surface area (TPSA) is 106 Å². The molecule has 0 amide bonds. The summed E-state index contributed by atoms with van der Waals surface area (Å²) >= 11 is 0. The van der Waals surface area contributed by atoms with E-state index < -0.39 is 20.1 Å². The number of rotatable bonds is 10. The summed E-state index contributed by atoms with van der Waals surface area (Å²) in [6, 6.07) is 12.8. The normalized spacial score (nSPS) is 10.8. The fourth-order valence-electron chi connectivity index (χ4n) is 1.97. The lowest BCUT2D eigenvalue weighted by atomic mass is 10.3. The van der Waals surface area contributed by atoms with Gasteiger partial charge in [0, 0.05) is 6.54 Å². The van der Waals surface area contributed by atoms with Crippen molar-refractivity contribution in [1.82, 2.24) is 5.32 Å². The summed E-state index contributed by atoms with van der Waals surface area (Å²) in [7, 11) is -0.700. The number of methoxy groups -OCH3 is 2. The van der Waals surface area contributed by atoms with Gasteiger partial charge in [-0.25, -0.2) is 4.57 Å². The average Bonchev–Trinajstić information content (AvgIpc) is 2.62. The van der Waals surface area contributed by atoms with Crippen molar-refractivity contribution >= 4 is 13.6 Å². The minimum atomic E-state index is -3.75. The smallest absolute Gasteiger partial charge is 0.444 e. The predicted molar refractivity (Wildman–Crippen MR) is 92.7 cm³/mol. The van der Waals surface area contributed by atoms with Gasteiger partial charge in [-0.2, -0.15) is 0 Å². The molecule has 0 bridgehead atoms. The monoisotopic (exact) mass is 380 g/mol. The Balaban J connectivity index is 2.15. The maximum absolute atomic E-state index is 13.1. The van der Waals surface area contributed by atoms with Crippen LogP contribution in [0.4, 0.5) is 0 Å². The summed E-state index contributed by atoms with van der Waals surface area (Å²) in [5, 5.41) is 13.1. The summed E-state index contributed by atoms with van der Waals surface area (Å²) in [5.41, 5.74) is 0. The van der Waals surface area contributed by atoms with Gasteiger partial charge in [0.1, 0.15) is 29.3 Å². The van der Waals surface area contributed by atoms with Gasteiger partial charge in [-0.15, -0.1) is 0 Å². The SMILES string of the molecule is COc1ccc(OP(=O)(CNCC(=O)[O-])Oc2ccc(OC)cc2)cc1. The van der Waals surface area contributed by atoms with Crippen LogP contribution in [0.15, 0.2) is 48.5 Å². The Labute approximate surface area is 151 Å². The quantitative estimate of drug-likeness (QED) is 0.620. The molecule has 0 heterocycles. The first kappa shape index (κ1) is 19.6. The van der Waals surface area contributed by atoms with E-state index in [4.69, 9.17) is 18.5 Å². The van der Waals surface area contributed by atoms with Crippen LogP contribution < -0.4 is 28.9 Å². The summed E-state index contributed by atoms with van der Waals surface area (Å²) in [4.78, 5) is 10.6. The van der Waals surface area contributed by atoms with Crippen molar-refractivity contribution in [1.29, 1.82) is 0 Å². The third kappa shape index (κ3) is 5.98. The molecule has 2 rings (SSSR count). The number of carbonyl (C=O) groups excluding carboxylic acids is 1.